The molecule has 0 fully saturated rings. The number of hydrogen-bond donors (Lipinski definition) is 2. The van der Waals surface area contributed by atoms with E-state index in [9.17, 15) is 10.1 Å². The molecule has 0 saturated carbocycles. The summed E-state index contributed by atoms with van der Waals surface area (Å²) < 4.78 is 0. The highest BCUT2D eigenvalue weighted by molar-refractivity contribution is 5.15. The lowest BCUT2D eigenvalue weighted by Gasteiger charge is -2.11. The van der Waals surface area contributed by atoms with E-state index in [1.807, 2.05) is 0 Å². The van der Waals surface area contributed by atoms with Crippen molar-refractivity contribution < 1.29 is 15.1 Å². The van der Waals surface area contributed by atoms with E-state index in [1.54, 1.807) is 30.3 Å². The van der Waals surface area contributed by atoms with Gasteiger partial charge in [0.1, 0.15) is 6.42 Å². The van der Waals surface area contributed by atoms with E-state index in [4.69, 9.17) is 10.2 Å². The number of nitro groups is 1. The molecule has 5 heteroatoms. The van der Waals surface area contributed by atoms with Crippen LogP contribution in [0.15, 0.2) is 30.3 Å². The molecule has 1 aromatic carbocycles. The highest BCUT2D eigenvalue weighted by Crippen LogP contribution is 2.10. The van der Waals surface area contributed by atoms with Gasteiger partial charge in [-0.1, -0.05) is 30.3 Å². The minimum atomic E-state index is -2.87. The van der Waals surface area contributed by atoms with Crippen molar-refractivity contribution in [1.29, 1.82) is 0 Å². The first-order valence-corrected chi connectivity index (χ1v) is 3.65. The van der Waals surface area contributed by atoms with E-state index in [-0.39, 0.29) is 0 Å². The summed E-state index contributed by atoms with van der Waals surface area (Å²) >= 11 is 0. The Morgan fingerprint density at radius 2 is 1.85 bits per heavy atom. The Bertz CT molecular complexity index is 296. The first-order chi connectivity index (χ1) is 6.02. The summed E-state index contributed by atoms with van der Waals surface area (Å²) in [5, 5.41) is 27.9. The number of hydrogen-bond acceptors (Lipinski definition) is 4. The van der Waals surface area contributed by atoms with Crippen LogP contribution in [0.3, 0.4) is 0 Å². The summed E-state index contributed by atoms with van der Waals surface area (Å²) in [6.07, 6.45) is -0.416. The average Bonchev–Trinajstić information content (AvgIpc) is 2.05. The minimum Gasteiger partial charge on any atom is -0.306 e. The van der Waals surface area contributed by atoms with Gasteiger partial charge in [-0.15, -0.1) is 0 Å². The maximum atomic E-state index is 10.1. The number of rotatable bonds is 3. The second kappa shape index (κ2) is 3.51. The fourth-order valence-electron chi connectivity index (χ4n) is 0.934. The maximum Gasteiger partial charge on any atom is 0.441 e. The van der Waals surface area contributed by atoms with Gasteiger partial charge in [-0.2, -0.15) is 0 Å². The summed E-state index contributed by atoms with van der Waals surface area (Å²) in [5.74, 6) is -2.87. The van der Waals surface area contributed by atoms with Crippen LogP contribution in [-0.2, 0) is 6.42 Å². The van der Waals surface area contributed by atoms with Gasteiger partial charge in [0.2, 0.25) is 0 Å². The van der Waals surface area contributed by atoms with E-state index < -0.39 is 17.3 Å². The first kappa shape index (κ1) is 9.63. The molecule has 0 saturated heterocycles. The molecular weight excluding hydrogens is 174 g/mol. The van der Waals surface area contributed by atoms with Crippen LogP contribution in [0.1, 0.15) is 5.56 Å². The van der Waals surface area contributed by atoms with Gasteiger partial charge in [0.05, 0.1) is 4.92 Å². The molecule has 0 radical (unpaired) electrons. The Labute approximate surface area is 74.4 Å². The number of benzene rings is 1. The molecule has 0 unspecified atom stereocenters. The van der Waals surface area contributed by atoms with Crippen molar-refractivity contribution >= 4 is 0 Å². The highest BCUT2D eigenvalue weighted by atomic mass is 16.7. The topological polar surface area (TPSA) is 83.6 Å². The molecular formula is C8H9NO4. The van der Waals surface area contributed by atoms with Crippen LogP contribution in [0.2, 0.25) is 0 Å². The van der Waals surface area contributed by atoms with Gasteiger partial charge in [-0.3, -0.25) is 10.1 Å². The van der Waals surface area contributed by atoms with Crippen LogP contribution in [0.5, 0.6) is 0 Å². The lowest BCUT2D eigenvalue weighted by molar-refractivity contribution is -0.682. The fourth-order valence-corrected chi connectivity index (χ4v) is 0.934. The van der Waals surface area contributed by atoms with E-state index in [0.717, 1.165) is 0 Å². The van der Waals surface area contributed by atoms with Crippen LogP contribution >= 0.6 is 0 Å². The lowest BCUT2D eigenvalue weighted by Crippen LogP contribution is -2.39. The van der Waals surface area contributed by atoms with Crippen molar-refractivity contribution in [1.82, 2.24) is 0 Å². The quantitative estimate of drug-likeness (QED) is 0.396. The molecule has 0 heterocycles. The van der Waals surface area contributed by atoms with Crippen molar-refractivity contribution in [2.45, 2.75) is 12.3 Å². The molecule has 0 aromatic heterocycles. The SMILES string of the molecule is O=[N+]([O-])C(O)(O)Cc1ccccc1. The van der Waals surface area contributed by atoms with E-state index in [2.05, 4.69) is 0 Å². The molecule has 2 N–H and O–H groups in total. The molecule has 1 rings (SSSR count). The van der Waals surface area contributed by atoms with Gasteiger partial charge in [0, 0.05) is 0 Å². The summed E-state index contributed by atoms with van der Waals surface area (Å²) in [7, 11) is 0. The predicted molar refractivity (Wildman–Crippen MR) is 44.3 cm³/mol. The standard InChI is InChI=1S/C8H9NO4/c10-8(11,9(12)13)6-7-4-2-1-3-5-7/h1-5,10-11H,6H2. The zero-order valence-corrected chi connectivity index (χ0v) is 6.75. The van der Waals surface area contributed by atoms with Gasteiger partial charge in [-0.05, 0) is 5.56 Å². The highest BCUT2D eigenvalue weighted by Gasteiger charge is 2.37. The van der Waals surface area contributed by atoms with Gasteiger partial charge < -0.3 is 10.2 Å². The van der Waals surface area contributed by atoms with Gasteiger partial charge in [0.15, 0.2) is 0 Å². The maximum absolute atomic E-state index is 10.1. The Morgan fingerprint density at radius 3 is 2.31 bits per heavy atom. The summed E-state index contributed by atoms with van der Waals surface area (Å²) in [5.41, 5.74) is 0.504. The minimum absolute atomic E-state index is 0.416. The monoisotopic (exact) mass is 183 g/mol. The third kappa shape index (κ3) is 2.50. The Kier molecular flexibility index (Phi) is 2.60. The Morgan fingerprint density at radius 1 is 1.31 bits per heavy atom. The van der Waals surface area contributed by atoms with Crippen molar-refractivity contribution in [2.75, 3.05) is 0 Å². The Balaban J connectivity index is 2.75. The average molecular weight is 183 g/mol. The molecule has 0 amide bonds. The molecule has 70 valence electrons. The van der Waals surface area contributed by atoms with Crippen molar-refractivity contribution in [3.8, 4) is 0 Å². The predicted octanol–water partition coefficient (Wildman–Crippen LogP) is 0.144. The molecule has 0 aliphatic heterocycles. The molecule has 0 aliphatic carbocycles. The molecule has 0 aliphatic rings. The van der Waals surface area contributed by atoms with Gasteiger partial charge in [0.25, 0.3) is 0 Å². The van der Waals surface area contributed by atoms with Crippen LogP contribution in [0.25, 0.3) is 0 Å². The lowest BCUT2D eigenvalue weighted by atomic mass is 10.1. The van der Waals surface area contributed by atoms with Crippen LogP contribution in [0, 0.1) is 10.1 Å². The fraction of sp³-hybridized carbons (Fsp3) is 0.250. The van der Waals surface area contributed by atoms with E-state index in [1.165, 1.54) is 0 Å². The molecule has 0 spiro atoms. The van der Waals surface area contributed by atoms with Gasteiger partial charge in [-0.25, -0.2) is 0 Å². The molecule has 5 nitrogen and oxygen atoms in total. The largest absolute Gasteiger partial charge is 0.441 e. The smallest absolute Gasteiger partial charge is 0.306 e. The van der Waals surface area contributed by atoms with E-state index in [0.29, 0.717) is 5.56 Å². The second-order valence-corrected chi connectivity index (χ2v) is 2.69. The third-order valence-electron chi connectivity index (χ3n) is 1.58. The Hall–Kier alpha value is -1.46. The summed E-state index contributed by atoms with van der Waals surface area (Å²) in [6, 6.07) is 8.26. The van der Waals surface area contributed by atoms with Crippen LogP contribution < -0.4 is 0 Å². The molecule has 13 heavy (non-hydrogen) atoms. The number of nitrogens with zero attached hydrogens (tertiary/aromatic N) is 1. The zero-order valence-electron chi connectivity index (χ0n) is 6.75. The molecule has 0 atom stereocenters. The molecule has 1 aromatic rings. The number of aliphatic hydroxyl groups is 2. The van der Waals surface area contributed by atoms with E-state index >= 15 is 0 Å². The zero-order chi connectivity index (χ0) is 9.90. The molecule has 0 bridgehead atoms. The third-order valence-corrected chi connectivity index (χ3v) is 1.58. The van der Waals surface area contributed by atoms with Crippen molar-refractivity contribution in [3.63, 3.8) is 0 Å². The van der Waals surface area contributed by atoms with Crippen LogP contribution in [-0.4, -0.2) is 21.0 Å². The first-order valence-electron chi connectivity index (χ1n) is 3.65. The van der Waals surface area contributed by atoms with Gasteiger partial charge >= 0.3 is 5.91 Å². The van der Waals surface area contributed by atoms with Crippen molar-refractivity contribution in [3.05, 3.63) is 46.0 Å². The summed E-state index contributed by atoms with van der Waals surface area (Å²) in [4.78, 5) is 9.01. The summed E-state index contributed by atoms with van der Waals surface area (Å²) in [6.45, 7) is 0. The second-order valence-electron chi connectivity index (χ2n) is 2.69. The van der Waals surface area contributed by atoms with Crippen LogP contribution in [0.4, 0.5) is 0 Å². The van der Waals surface area contributed by atoms with Crippen molar-refractivity contribution in [2.24, 2.45) is 0 Å². The normalized spacial score (nSPS) is 11.2.